The molecule has 2 amide bonds. The molecule has 2 saturated heterocycles. The minimum absolute atomic E-state index is 0.0781. The second kappa shape index (κ2) is 11.0. The number of anilines is 1. The Morgan fingerprint density at radius 3 is 2.73 bits per heavy atom. The number of urea groups is 1. The molecule has 184 valence electrons. The number of piperidine rings is 1. The number of carbonyl (C=O) groups is 1. The first-order chi connectivity index (χ1) is 16.0. The van der Waals surface area contributed by atoms with Crippen LogP contribution in [-0.4, -0.2) is 114 Å². The largest absolute Gasteiger partial charge is 0.368 e. The summed E-state index contributed by atoms with van der Waals surface area (Å²) in [5.41, 5.74) is 8.18. The van der Waals surface area contributed by atoms with Crippen LogP contribution in [0.15, 0.2) is 6.20 Å². The third-order valence-corrected chi connectivity index (χ3v) is 7.70. The molecule has 2 fully saturated rings. The Morgan fingerprint density at radius 2 is 2.00 bits per heavy atom. The maximum Gasteiger partial charge on any atom is 0.317 e. The van der Waals surface area contributed by atoms with Crippen molar-refractivity contribution in [3.8, 4) is 0 Å². The van der Waals surface area contributed by atoms with Crippen molar-refractivity contribution in [1.29, 1.82) is 0 Å². The Kier molecular flexibility index (Phi) is 8.03. The van der Waals surface area contributed by atoms with Gasteiger partial charge in [-0.15, -0.1) is 0 Å². The molecule has 4 rings (SSSR count). The first kappa shape index (κ1) is 24.2. The Labute approximate surface area is 198 Å². The molecule has 33 heavy (non-hydrogen) atoms. The highest BCUT2D eigenvalue weighted by Crippen LogP contribution is 2.34. The summed E-state index contributed by atoms with van der Waals surface area (Å²) < 4.78 is 0. The van der Waals surface area contributed by atoms with Crippen molar-refractivity contribution in [1.82, 2.24) is 34.9 Å². The van der Waals surface area contributed by atoms with E-state index >= 15 is 0 Å². The fraction of sp³-hybridized carbons (Fsp3) is 0.792. The normalized spacial score (nSPS) is 26.5. The molecule has 9 heteroatoms. The van der Waals surface area contributed by atoms with E-state index in [1.807, 2.05) is 11.1 Å². The zero-order chi connectivity index (χ0) is 23.4. The zero-order valence-corrected chi connectivity index (χ0v) is 20.7. The smallest absolute Gasteiger partial charge is 0.317 e. The molecule has 3 N–H and O–H groups in total. The topological polar surface area (TPSA) is 93.9 Å². The van der Waals surface area contributed by atoms with Crippen LogP contribution in [0.25, 0.3) is 0 Å². The van der Waals surface area contributed by atoms with Crippen LogP contribution in [0.5, 0.6) is 0 Å². The van der Waals surface area contributed by atoms with Gasteiger partial charge >= 0.3 is 6.03 Å². The van der Waals surface area contributed by atoms with E-state index < -0.39 is 0 Å². The molecule has 9 nitrogen and oxygen atoms in total. The zero-order valence-electron chi connectivity index (χ0n) is 20.7. The first-order valence-corrected chi connectivity index (χ1v) is 12.8. The van der Waals surface area contributed by atoms with Gasteiger partial charge in [0.2, 0.25) is 5.95 Å². The van der Waals surface area contributed by atoms with E-state index in [1.54, 1.807) is 0 Å². The van der Waals surface area contributed by atoms with E-state index in [9.17, 15) is 4.79 Å². The molecule has 0 saturated carbocycles. The third kappa shape index (κ3) is 5.94. The number of carbonyl (C=O) groups excluding carboxylic acids is 1. The number of hydrogen-bond donors (Lipinski definition) is 2. The van der Waals surface area contributed by atoms with Crippen molar-refractivity contribution >= 4 is 12.0 Å². The summed E-state index contributed by atoms with van der Waals surface area (Å²) in [6.07, 6.45) is 5.91. The number of nitrogens with two attached hydrogens (primary N) is 1. The van der Waals surface area contributed by atoms with Crippen molar-refractivity contribution in [3.63, 3.8) is 0 Å². The summed E-state index contributed by atoms with van der Waals surface area (Å²) in [5, 5.41) is 3.38. The molecule has 1 aromatic rings. The Bertz CT molecular complexity index is 797. The van der Waals surface area contributed by atoms with Gasteiger partial charge in [-0.2, -0.15) is 0 Å². The molecule has 2 aliphatic heterocycles. The highest BCUT2D eigenvalue weighted by atomic mass is 16.2. The fourth-order valence-corrected chi connectivity index (χ4v) is 5.76. The summed E-state index contributed by atoms with van der Waals surface area (Å²) in [5.74, 6) is 0.843. The van der Waals surface area contributed by atoms with Gasteiger partial charge in [0.15, 0.2) is 0 Å². The van der Waals surface area contributed by atoms with Gasteiger partial charge in [-0.25, -0.2) is 14.8 Å². The predicted octanol–water partition coefficient (Wildman–Crippen LogP) is 0.905. The Hall–Kier alpha value is -1.97. The summed E-state index contributed by atoms with van der Waals surface area (Å²) >= 11 is 0. The number of aromatic nitrogens is 2. The molecule has 0 unspecified atom stereocenters. The van der Waals surface area contributed by atoms with Crippen molar-refractivity contribution in [3.05, 3.63) is 17.5 Å². The van der Waals surface area contributed by atoms with Gasteiger partial charge in [-0.1, -0.05) is 6.92 Å². The van der Waals surface area contributed by atoms with Gasteiger partial charge < -0.3 is 20.9 Å². The number of hydrogen-bond acceptors (Lipinski definition) is 7. The SMILES string of the molecule is CCCN1C[C@@H](NC(=O)N(CC)CCN2CCN(C)CC2)C[C@@H]2Cc3nc(N)ncc3C[C@H]21. The molecular weight excluding hydrogens is 416 g/mol. The van der Waals surface area contributed by atoms with Crippen LogP contribution in [0.2, 0.25) is 0 Å². The lowest BCUT2D eigenvalue weighted by Crippen LogP contribution is -2.59. The number of likely N-dealkylation sites (tertiary alicyclic amines) is 1. The number of piperazine rings is 1. The van der Waals surface area contributed by atoms with E-state index in [4.69, 9.17) is 5.73 Å². The van der Waals surface area contributed by atoms with Crippen molar-refractivity contribution in [2.24, 2.45) is 5.92 Å². The number of likely N-dealkylation sites (N-methyl/N-ethyl adjacent to an activating group) is 2. The molecule has 3 atom stereocenters. The van der Waals surface area contributed by atoms with Crippen molar-refractivity contribution < 1.29 is 4.79 Å². The first-order valence-electron chi connectivity index (χ1n) is 12.8. The van der Waals surface area contributed by atoms with Gasteiger partial charge in [0.1, 0.15) is 0 Å². The van der Waals surface area contributed by atoms with Gasteiger partial charge in [-0.3, -0.25) is 9.80 Å². The van der Waals surface area contributed by atoms with Gasteiger partial charge in [0.05, 0.1) is 0 Å². The van der Waals surface area contributed by atoms with Crippen LogP contribution in [0, 0.1) is 5.92 Å². The number of nitrogen functional groups attached to an aromatic ring is 1. The summed E-state index contributed by atoms with van der Waals surface area (Å²) in [6.45, 7) is 13.1. The second-order valence-corrected chi connectivity index (χ2v) is 10.0. The lowest BCUT2D eigenvalue weighted by atomic mass is 9.76. The highest BCUT2D eigenvalue weighted by Gasteiger charge is 2.40. The quantitative estimate of drug-likeness (QED) is 0.627. The molecule has 0 aromatic carbocycles. The maximum absolute atomic E-state index is 13.2. The van der Waals surface area contributed by atoms with E-state index in [2.05, 4.69) is 50.9 Å². The number of fused-ring (bicyclic) bond motifs is 2. The Balaban J connectivity index is 1.35. The van der Waals surface area contributed by atoms with Gasteiger partial charge in [-0.05, 0) is 57.7 Å². The number of nitrogens with zero attached hydrogens (tertiary/aromatic N) is 6. The average molecular weight is 459 g/mol. The van der Waals surface area contributed by atoms with E-state index in [0.717, 1.165) is 90.3 Å². The maximum atomic E-state index is 13.2. The minimum atomic E-state index is 0.0781. The molecule has 1 aliphatic carbocycles. The van der Waals surface area contributed by atoms with Gasteiger partial charge in [0, 0.05) is 76.3 Å². The van der Waals surface area contributed by atoms with E-state index in [1.165, 1.54) is 5.56 Å². The fourth-order valence-electron chi connectivity index (χ4n) is 5.76. The second-order valence-electron chi connectivity index (χ2n) is 10.0. The van der Waals surface area contributed by atoms with Crippen LogP contribution in [0.1, 0.15) is 37.9 Å². The van der Waals surface area contributed by atoms with Crippen LogP contribution in [-0.2, 0) is 12.8 Å². The van der Waals surface area contributed by atoms with Crippen molar-refractivity contribution in [2.75, 3.05) is 71.7 Å². The van der Waals surface area contributed by atoms with Crippen LogP contribution < -0.4 is 11.1 Å². The minimum Gasteiger partial charge on any atom is -0.368 e. The molecule has 0 radical (unpaired) electrons. The molecule has 0 bridgehead atoms. The molecule has 3 aliphatic rings. The van der Waals surface area contributed by atoms with Crippen molar-refractivity contribution in [2.45, 2.75) is 51.6 Å². The summed E-state index contributed by atoms with van der Waals surface area (Å²) in [4.78, 5) is 31.3. The molecular formula is C24H42N8O. The molecule has 1 aromatic heterocycles. The molecule has 3 heterocycles. The summed E-state index contributed by atoms with van der Waals surface area (Å²) in [6, 6.07) is 0.746. The summed E-state index contributed by atoms with van der Waals surface area (Å²) in [7, 11) is 2.17. The number of nitrogens with one attached hydrogen (secondary N) is 1. The lowest BCUT2D eigenvalue weighted by molar-refractivity contribution is 0.0621. The standard InChI is InChI=1S/C24H42N8O/c1-4-6-32-17-20(13-18-14-21-19(15-22(18)32)16-26-23(25)28-21)27-24(33)31(5-2)12-11-30-9-7-29(3)8-10-30/h16,18,20,22H,4-15,17H2,1-3H3,(H,27,33)(H2,25,26,28)/t18-,20+,22-/m1/s1. The van der Waals surface area contributed by atoms with Crippen LogP contribution in [0.3, 0.4) is 0 Å². The monoisotopic (exact) mass is 458 g/mol. The number of amides is 2. The average Bonchev–Trinajstić information content (AvgIpc) is 2.79. The Morgan fingerprint density at radius 1 is 1.21 bits per heavy atom. The molecule has 0 spiro atoms. The number of rotatable bonds is 7. The predicted molar refractivity (Wildman–Crippen MR) is 131 cm³/mol. The van der Waals surface area contributed by atoms with Gasteiger partial charge in [0.25, 0.3) is 0 Å². The third-order valence-electron chi connectivity index (χ3n) is 7.70. The highest BCUT2D eigenvalue weighted by molar-refractivity contribution is 5.74. The van der Waals surface area contributed by atoms with Crippen LogP contribution in [0.4, 0.5) is 10.7 Å². The van der Waals surface area contributed by atoms with Crippen LogP contribution >= 0.6 is 0 Å². The lowest BCUT2D eigenvalue weighted by Gasteiger charge is -2.47. The van der Waals surface area contributed by atoms with E-state index in [0.29, 0.717) is 17.9 Å². The van der Waals surface area contributed by atoms with E-state index in [-0.39, 0.29) is 12.1 Å².